The van der Waals surface area contributed by atoms with Crippen LogP contribution in [0.25, 0.3) is 0 Å². The van der Waals surface area contributed by atoms with E-state index in [0.29, 0.717) is 24.4 Å². The normalized spacial score (nSPS) is 28.3. The number of aromatic nitrogens is 1. The van der Waals surface area contributed by atoms with Gasteiger partial charge in [0.25, 0.3) is 0 Å². The molecule has 3 nitrogen and oxygen atoms in total. The van der Waals surface area contributed by atoms with E-state index in [0.717, 1.165) is 25.8 Å². The highest BCUT2D eigenvalue weighted by Gasteiger charge is 2.35. The number of rotatable bonds is 4. The molecule has 1 aliphatic rings. The molecule has 1 aromatic heterocycles. The van der Waals surface area contributed by atoms with Crippen molar-refractivity contribution in [3.8, 4) is 0 Å². The van der Waals surface area contributed by atoms with Crippen molar-refractivity contribution in [2.45, 2.75) is 50.7 Å². The molecule has 0 radical (unpaired) electrons. The van der Waals surface area contributed by atoms with Crippen molar-refractivity contribution in [1.29, 1.82) is 0 Å². The van der Waals surface area contributed by atoms with E-state index in [1.54, 1.807) is 6.20 Å². The predicted molar refractivity (Wildman–Crippen MR) is 68.6 cm³/mol. The van der Waals surface area contributed by atoms with E-state index in [-0.39, 0.29) is 5.82 Å². The number of halogens is 1. The van der Waals surface area contributed by atoms with Gasteiger partial charge in [0.05, 0.1) is 11.8 Å². The Morgan fingerprint density at radius 3 is 2.78 bits per heavy atom. The third kappa shape index (κ3) is 3.06. The van der Waals surface area contributed by atoms with Gasteiger partial charge in [-0.05, 0) is 44.7 Å². The maximum Gasteiger partial charge on any atom is 0.141 e. The van der Waals surface area contributed by atoms with Gasteiger partial charge in [-0.15, -0.1) is 0 Å². The van der Waals surface area contributed by atoms with Crippen molar-refractivity contribution < 1.29 is 9.50 Å². The smallest absolute Gasteiger partial charge is 0.141 e. The fourth-order valence-electron chi connectivity index (χ4n) is 2.60. The van der Waals surface area contributed by atoms with E-state index >= 15 is 0 Å². The van der Waals surface area contributed by atoms with E-state index < -0.39 is 5.60 Å². The molecule has 0 unspecified atom stereocenters. The van der Waals surface area contributed by atoms with Gasteiger partial charge in [0.2, 0.25) is 0 Å². The summed E-state index contributed by atoms with van der Waals surface area (Å²) in [5.41, 5.74) is -0.295. The van der Waals surface area contributed by atoms with E-state index in [9.17, 15) is 9.50 Å². The molecule has 1 heterocycles. The van der Waals surface area contributed by atoms with Gasteiger partial charge in [-0.2, -0.15) is 0 Å². The van der Waals surface area contributed by atoms with E-state index in [1.165, 1.54) is 12.3 Å². The molecule has 0 saturated heterocycles. The SMILES string of the molecule is CCCNC1CCC(O)(c2cncc(F)c2)CC1. The Labute approximate surface area is 107 Å². The number of nitrogens with zero attached hydrogens (tertiary/aromatic N) is 1. The summed E-state index contributed by atoms with van der Waals surface area (Å²) in [6.45, 7) is 3.16. The van der Waals surface area contributed by atoms with Crippen molar-refractivity contribution in [2.24, 2.45) is 0 Å². The Morgan fingerprint density at radius 2 is 2.17 bits per heavy atom. The van der Waals surface area contributed by atoms with Gasteiger partial charge in [-0.3, -0.25) is 4.98 Å². The third-order valence-corrected chi connectivity index (χ3v) is 3.74. The van der Waals surface area contributed by atoms with Gasteiger partial charge >= 0.3 is 0 Å². The molecule has 1 saturated carbocycles. The number of hydrogen-bond acceptors (Lipinski definition) is 3. The molecule has 0 aromatic carbocycles. The monoisotopic (exact) mass is 252 g/mol. The van der Waals surface area contributed by atoms with E-state index in [1.807, 2.05) is 0 Å². The summed E-state index contributed by atoms with van der Waals surface area (Å²) in [7, 11) is 0. The Kier molecular flexibility index (Phi) is 4.30. The number of nitrogens with one attached hydrogen (secondary N) is 1. The van der Waals surface area contributed by atoms with Crippen LogP contribution in [0.2, 0.25) is 0 Å². The molecule has 0 aliphatic heterocycles. The maximum atomic E-state index is 13.1. The van der Waals surface area contributed by atoms with Crippen LogP contribution in [0.3, 0.4) is 0 Å². The summed E-state index contributed by atoms with van der Waals surface area (Å²) < 4.78 is 13.1. The van der Waals surface area contributed by atoms with Gasteiger partial charge in [-0.1, -0.05) is 6.92 Å². The molecule has 2 N–H and O–H groups in total. The minimum absolute atomic E-state index is 0.382. The lowest BCUT2D eigenvalue weighted by Crippen LogP contribution is -2.40. The molecule has 0 atom stereocenters. The van der Waals surface area contributed by atoms with Crippen LogP contribution in [-0.2, 0) is 5.60 Å². The van der Waals surface area contributed by atoms with Gasteiger partial charge in [0.15, 0.2) is 0 Å². The average Bonchev–Trinajstić information content (AvgIpc) is 2.38. The quantitative estimate of drug-likeness (QED) is 0.864. The van der Waals surface area contributed by atoms with Crippen LogP contribution in [0.5, 0.6) is 0 Å². The zero-order valence-corrected chi connectivity index (χ0v) is 10.8. The predicted octanol–water partition coefficient (Wildman–Crippen LogP) is 2.35. The summed E-state index contributed by atoms with van der Waals surface area (Å²) >= 11 is 0. The second-order valence-corrected chi connectivity index (χ2v) is 5.15. The minimum atomic E-state index is -0.903. The lowest BCUT2D eigenvalue weighted by Gasteiger charge is -2.36. The summed E-state index contributed by atoms with van der Waals surface area (Å²) in [6, 6.07) is 1.87. The van der Waals surface area contributed by atoms with Gasteiger partial charge in [-0.25, -0.2) is 4.39 Å². The molecule has 1 aliphatic carbocycles. The molecule has 0 bridgehead atoms. The van der Waals surface area contributed by atoms with Crippen LogP contribution in [0, 0.1) is 5.82 Å². The lowest BCUT2D eigenvalue weighted by atomic mass is 9.78. The maximum absolute atomic E-state index is 13.1. The first-order valence-corrected chi connectivity index (χ1v) is 6.71. The molecule has 100 valence electrons. The molecular formula is C14H21FN2O. The van der Waals surface area contributed by atoms with E-state index in [4.69, 9.17) is 0 Å². The first-order valence-electron chi connectivity index (χ1n) is 6.71. The first kappa shape index (κ1) is 13.4. The fourth-order valence-corrected chi connectivity index (χ4v) is 2.60. The summed E-state index contributed by atoms with van der Waals surface area (Å²) in [6.07, 6.45) is 7.04. The highest BCUT2D eigenvalue weighted by molar-refractivity contribution is 5.20. The van der Waals surface area contributed by atoms with Gasteiger partial charge in [0, 0.05) is 17.8 Å². The Bertz CT molecular complexity index is 389. The minimum Gasteiger partial charge on any atom is -0.385 e. The Morgan fingerprint density at radius 1 is 1.44 bits per heavy atom. The highest BCUT2D eigenvalue weighted by Crippen LogP contribution is 2.36. The molecule has 0 amide bonds. The fraction of sp³-hybridized carbons (Fsp3) is 0.643. The molecule has 0 spiro atoms. The molecule has 1 aromatic rings. The number of pyridine rings is 1. The van der Waals surface area contributed by atoms with E-state index in [2.05, 4.69) is 17.2 Å². The molecule has 2 rings (SSSR count). The zero-order chi connectivity index (χ0) is 13.0. The second kappa shape index (κ2) is 5.76. The van der Waals surface area contributed by atoms with Crippen molar-refractivity contribution >= 4 is 0 Å². The van der Waals surface area contributed by atoms with Crippen molar-refractivity contribution in [3.63, 3.8) is 0 Å². The van der Waals surface area contributed by atoms with Crippen LogP contribution in [0.4, 0.5) is 4.39 Å². The van der Waals surface area contributed by atoms with Crippen LogP contribution in [-0.4, -0.2) is 22.7 Å². The van der Waals surface area contributed by atoms with Crippen LogP contribution < -0.4 is 5.32 Å². The lowest BCUT2D eigenvalue weighted by molar-refractivity contribution is -0.00881. The van der Waals surface area contributed by atoms with Crippen molar-refractivity contribution in [1.82, 2.24) is 10.3 Å². The Balaban J connectivity index is 1.98. The van der Waals surface area contributed by atoms with Gasteiger partial charge < -0.3 is 10.4 Å². The molecule has 18 heavy (non-hydrogen) atoms. The average molecular weight is 252 g/mol. The Hall–Kier alpha value is -1.00. The molecule has 1 fully saturated rings. The third-order valence-electron chi connectivity index (χ3n) is 3.74. The second-order valence-electron chi connectivity index (χ2n) is 5.15. The summed E-state index contributed by atoms with van der Waals surface area (Å²) in [5.74, 6) is -0.382. The number of hydrogen-bond donors (Lipinski definition) is 2. The standard InChI is InChI=1S/C14H21FN2O/c1-2-7-17-13-3-5-14(18,6-4-13)11-8-12(15)10-16-9-11/h8-10,13,17-18H,2-7H2,1H3. The van der Waals surface area contributed by atoms with Crippen molar-refractivity contribution in [2.75, 3.05) is 6.54 Å². The van der Waals surface area contributed by atoms with Gasteiger partial charge in [0.1, 0.15) is 5.82 Å². The van der Waals surface area contributed by atoms with Crippen molar-refractivity contribution in [3.05, 3.63) is 29.8 Å². The topological polar surface area (TPSA) is 45.1 Å². The molecular weight excluding hydrogens is 231 g/mol. The van der Waals surface area contributed by atoms with Crippen LogP contribution in [0.1, 0.15) is 44.6 Å². The van der Waals surface area contributed by atoms with Crippen LogP contribution in [0.15, 0.2) is 18.5 Å². The highest BCUT2D eigenvalue weighted by atomic mass is 19.1. The first-order chi connectivity index (χ1) is 8.64. The summed E-state index contributed by atoms with van der Waals surface area (Å²) in [5, 5.41) is 14.0. The van der Waals surface area contributed by atoms with Crippen LogP contribution >= 0.6 is 0 Å². The number of aliphatic hydroxyl groups is 1. The largest absolute Gasteiger partial charge is 0.385 e. The zero-order valence-electron chi connectivity index (χ0n) is 10.8. The summed E-state index contributed by atoms with van der Waals surface area (Å²) in [4.78, 5) is 3.82. The molecule has 4 heteroatoms.